The van der Waals surface area contributed by atoms with Crippen molar-refractivity contribution in [3.8, 4) is 0 Å². The molecule has 0 atom stereocenters. The third kappa shape index (κ3) is 30.0. The van der Waals surface area contributed by atoms with Crippen LogP contribution in [-0.2, 0) is 0 Å². The highest BCUT2D eigenvalue weighted by Crippen LogP contribution is 2.16. The van der Waals surface area contributed by atoms with Crippen molar-refractivity contribution in [1.82, 2.24) is 0 Å². The van der Waals surface area contributed by atoms with Crippen molar-refractivity contribution in [2.45, 2.75) is 213 Å². The van der Waals surface area contributed by atoms with Crippen LogP contribution in [0.2, 0.25) is 0 Å². The minimum absolute atomic E-state index is 0.338. The third-order valence-corrected chi connectivity index (χ3v) is 8.05. The van der Waals surface area contributed by atoms with E-state index in [0.29, 0.717) is 6.04 Å². The number of hydroxylamine groups is 1. The normalized spacial score (nSPS) is 11.7. The van der Waals surface area contributed by atoms with Crippen molar-refractivity contribution >= 4 is 0 Å². The van der Waals surface area contributed by atoms with Gasteiger partial charge >= 0.3 is 0 Å². The Labute approximate surface area is 223 Å². The van der Waals surface area contributed by atoms with Crippen LogP contribution in [0.25, 0.3) is 0 Å². The van der Waals surface area contributed by atoms with Gasteiger partial charge in [0.05, 0.1) is 6.04 Å². The molecule has 0 heterocycles. The van der Waals surface area contributed by atoms with Crippen molar-refractivity contribution in [1.29, 1.82) is 0 Å². The molecule has 0 aliphatic carbocycles. The lowest BCUT2D eigenvalue weighted by atomic mass is 10.00. The van der Waals surface area contributed by atoms with E-state index < -0.39 is 0 Å². The average Bonchev–Trinajstić information content (AvgIpc) is 2.87. The summed E-state index contributed by atoms with van der Waals surface area (Å²) in [6, 6.07) is 0.338. The number of hydrogen-bond donors (Lipinski definition) is 1. The Bertz CT molecular complexity index is 327. The molecule has 0 aliphatic rings. The molecule has 0 aliphatic heterocycles. The van der Waals surface area contributed by atoms with Crippen LogP contribution < -0.4 is 5.48 Å². The summed E-state index contributed by atoms with van der Waals surface area (Å²) in [6.07, 6.45) is 41.7. The Morgan fingerprint density at radius 2 is 0.543 bits per heavy atom. The third-order valence-electron chi connectivity index (χ3n) is 8.05. The molecule has 0 amide bonds. The van der Waals surface area contributed by atoms with E-state index in [2.05, 4.69) is 13.8 Å². The number of nitrogens with two attached hydrogens (primary N) is 1. The van der Waals surface area contributed by atoms with Gasteiger partial charge in [0, 0.05) is 0 Å². The van der Waals surface area contributed by atoms with E-state index in [4.69, 9.17) is 0 Å². The quantitative estimate of drug-likeness (QED) is 0.0753. The molecule has 0 fully saturated rings. The molecule has 2 N–H and O–H groups in total. The molecule has 35 heavy (non-hydrogen) atoms. The van der Waals surface area contributed by atoms with E-state index in [1.807, 2.05) is 0 Å². The Morgan fingerprint density at radius 1 is 0.343 bits per heavy atom. The van der Waals surface area contributed by atoms with Crippen LogP contribution in [0.5, 0.6) is 0 Å². The van der Waals surface area contributed by atoms with Crippen molar-refractivity contribution in [2.24, 2.45) is 0 Å². The van der Waals surface area contributed by atoms with Crippen molar-refractivity contribution < 1.29 is 5.48 Å². The highest BCUT2D eigenvalue weighted by Gasteiger charge is 2.07. The van der Waals surface area contributed by atoms with Gasteiger partial charge in [0.15, 0.2) is 0 Å². The van der Waals surface area contributed by atoms with E-state index in [1.165, 1.54) is 185 Å². The highest BCUT2D eigenvalue weighted by atomic mass is 16.5. The smallest absolute Gasteiger partial charge is 0.0856 e. The summed E-state index contributed by atoms with van der Waals surface area (Å²) < 4.78 is 0. The molecule has 2 heteroatoms. The Kier molecular flexibility index (Phi) is 31.9. The van der Waals surface area contributed by atoms with E-state index >= 15 is 0 Å². The lowest BCUT2D eigenvalue weighted by Crippen LogP contribution is -2.84. The first-order chi connectivity index (χ1) is 17.3. The van der Waals surface area contributed by atoms with Gasteiger partial charge in [-0.3, -0.25) is 0 Å². The largest absolute Gasteiger partial charge is 0.636 e. The minimum Gasteiger partial charge on any atom is -0.636 e. The van der Waals surface area contributed by atoms with Gasteiger partial charge < -0.3 is 10.7 Å². The maximum absolute atomic E-state index is 11.4. The zero-order valence-electron chi connectivity index (χ0n) is 24.8. The van der Waals surface area contributed by atoms with Gasteiger partial charge in [0.2, 0.25) is 0 Å². The van der Waals surface area contributed by atoms with Crippen LogP contribution in [-0.4, -0.2) is 6.04 Å². The lowest BCUT2D eigenvalue weighted by molar-refractivity contribution is -0.629. The van der Waals surface area contributed by atoms with Gasteiger partial charge in [-0.1, -0.05) is 181 Å². The second-order valence-electron chi connectivity index (χ2n) is 11.7. The first kappa shape index (κ1) is 34.9. The number of rotatable bonds is 31. The van der Waals surface area contributed by atoms with Gasteiger partial charge in [0.25, 0.3) is 0 Å². The zero-order valence-corrected chi connectivity index (χ0v) is 24.8. The van der Waals surface area contributed by atoms with Crippen LogP contribution in [0.4, 0.5) is 0 Å². The number of hydrogen-bond acceptors (Lipinski definition) is 1. The fraction of sp³-hybridized carbons (Fsp3) is 1.00. The second-order valence-corrected chi connectivity index (χ2v) is 11.7. The van der Waals surface area contributed by atoms with E-state index in [1.54, 1.807) is 0 Å². The van der Waals surface area contributed by atoms with Crippen molar-refractivity contribution in [3.63, 3.8) is 0 Å². The molecule has 0 bridgehead atoms. The Hall–Kier alpha value is -0.0800. The molecule has 0 saturated heterocycles. The van der Waals surface area contributed by atoms with Gasteiger partial charge in [-0.25, -0.2) is 0 Å². The Morgan fingerprint density at radius 3 is 0.743 bits per heavy atom. The monoisotopic (exact) mass is 496 g/mol. The molecule has 0 aromatic heterocycles. The van der Waals surface area contributed by atoms with Crippen LogP contribution in [0, 0.1) is 5.21 Å². The summed E-state index contributed by atoms with van der Waals surface area (Å²) in [6.45, 7) is 4.59. The summed E-state index contributed by atoms with van der Waals surface area (Å²) in [4.78, 5) is 0. The van der Waals surface area contributed by atoms with Gasteiger partial charge in [0.1, 0.15) is 0 Å². The molecule has 0 spiro atoms. The van der Waals surface area contributed by atoms with Crippen LogP contribution in [0.1, 0.15) is 206 Å². The first-order valence-corrected chi connectivity index (χ1v) is 16.8. The first-order valence-electron chi connectivity index (χ1n) is 16.8. The lowest BCUT2D eigenvalue weighted by Gasteiger charge is -2.17. The SMILES string of the molecule is CCCCCCCCCCCCCCCCC(CCCCCCCCCCCCCCCC)[NH2+][O-]. The molecule has 0 aromatic carbocycles. The van der Waals surface area contributed by atoms with E-state index in [-0.39, 0.29) is 0 Å². The fourth-order valence-electron chi connectivity index (χ4n) is 5.48. The second kappa shape index (κ2) is 31.9. The fourth-order valence-corrected chi connectivity index (χ4v) is 5.48. The molecule has 2 nitrogen and oxygen atoms in total. The van der Waals surface area contributed by atoms with Crippen molar-refractivity contribution in [3.05, 3.63) is 5.21 Å². The summed E-state index contributed by atoms with van der Waals surface area (Å²) in [5.41, 5.74) is 1.25. The van der Waals surface area contributed by atoms with Gasteiger partial charge in [-0.05, 0) is 25.7 Å². The highest BCUT2D eigenvalue weighted by molar-refractivity contribution is 4.58. The van der Waals surface area contributed by atoms with E-state index in [9.17, 15) is 5.21 Å². The van der Waals surface area contributed by atoms with Crippen molar-refractivity contribution in [2.75, 3.05) is 0 Å². The average molecular weight is 496 g/mol. The van der Waals surface area contributed by atoms with Crippen LogP contribution in [0.15, 0.2) is 0 Å². The molecule has 0 unspecified atom stereocenters. The van der Waals surface area contributed by atoms with Gasteiger partial charge in [-0.15, -0.1) is 0 Å². The maximum Gasteiger partial charge on any atom is 0.0856 e. The molecular weight excluding hydrogens is 426 g/mol. The van der Waals surface area contributed by atoms with Crippen LogP contribution in [0.3, 0.4) is 0 Å². The number of quaternary nitrogens is 1. The predicted octanol–water partition coefficient (Wildman–Crippen LogP) is 11.2. The molecule has 0 radical (unpaired) electrons. The topological polar surface area (TPSA) is 39.7 Å². The predicted molar refractivity (Wildman–Crippen MR) is 159 cm³/mol. The number of unbranched alkanes of at least 4 members (excludes halogenated alkanes) is 26. The van der Waals surface area contributed by atoms with Gasteiger partial charge in [-0.2, -0.15) is 0 Å². The molecule has 0 rings (SSSR count). The van der Waals surface area contributed by atoms with Crippen LogP contribution >= 0.6 is 0 Å². The molecule has 212 valence electrons. The summed E-state index contributed by atoms with van der Waals surface area (Å²) in [5, 5.41) is 11.4. The molecule has 0 aromatic rings. The zero-order chi connectivity index (χ0) is 25.5. The summed E-state index contributed by atoms with van der Waals surface area (Å²) in [7, 11) is 0. The maximum atomic E-state index is 11.4. The minimum atomic E-state index is 0.338. The summed E-state index contributed by atoms with van der Waals surface area (Å²) >= 11 is 0. The summed E-state index contributed by atoms with van der Waals surface area (Å²) in [5.74, 6) is 0. The molecular formula is C33H69NO. The van der Waals surface area contributed by atoms with E-state index in [0.717, 1.165) is 12.8 Å². The standard InChI is InChI=1S/C33H69NO/c1-3-5-7-9-11-13-15-17-19-21-23-25-27-29-31-33(34-35)32-30-28-26-24-22-20-18-16-14-12-10-8-6-4-2/h33H,3-32,34H2,1-2H3. The Balaban J connectivity index is 3.25. The molecule has 0 saturated carbocycles.